The highest BCUT2D eigenvalue weighted by Crippen LogP contribution is 2.34. The molecular weight excluding hydrogens is 438 g/mol. The van der Waals surface area contributed by atoms with Gasteiger partial charge in [0.15, 0.2) is 17.9 Å². The summed E-state index contributed by atoms with van der Waals surface area (Å²) < 4.78 is 15.8. The highest BCUT2D eigenvalue weighted by molar-refractivity contribution is 6.02. The van der Waals surface area contributed by atoms with Gasteiger partial charge in [0.2, 0.25) is 5.91 Å². The van der Waals surface area contributed by atoms with Gasteiger partial charge in [-0.3, -0.25) is 14.5 Å². The maximum Gasteiger partial charge on any atom is 0.411 e. The maximum atomic E-state index is 13.1. The minimum atomic E-state index is -0.867. The van der Waals surface area contributed by atoms with Gasteiger partial charge in [-0.1, -0.05) is 42.5 Å². The lowest BCUT2D eigenvalue weighted by Gasteiger charge is -2.24. The van der Waals surface area contributed by atoms with E-state index >= 15 is 0 Å². The Bertz CT molecular complexity index is 1120. The van der Waals surface area contributed by atoms with Crippen LogP contribution in [0.2, 0.25) is 0 Å². The number of rotatable bonds is 9. The van der Waals surface area contributed by atoms with Crippen LogP contribution in [0.1, 0.15) is 27.8 Å². The summed E-state index contributed by atoms with van der Waals surface area (Å²) in [7, 11) is 1.55. The average Bonchev–Trinajstić information content (AvgIpc) is 3.49. The molecule has 0 unspecified atom stereocenters. The number of hydrogen-bond acceptors (Lipinski definition) is 6. The van der Waals surface area contributed by atoms with Crippen LogP contribution in [0.4, 0.5) is 10.5 Å². The third kappa shape index (κ3) is 5.26. The number of nitrogens with one attached hydrogen (secondary N) is 2. The lowest BCUT2D eigenvalue weighted by atomic mass is 10.0. The molecular formula is C25H25N3O6. The minimum Gasteiger partial charge on any atom is -0.459 e. The summed E-state index contributed by atoms with van der Waals surface area (Å²) >= 11 is 0. The van der Waals surface area contributed by atoms with E-state index in [4.69, 9.17) is 13.9 Å². The number of anilines is 1. The van der Waals surface area contributed by atoms with Crippen molar-refractivity contribution in [2.24, 2.45) is 0 Å². The van der Waals surface area contributed by atoms with Gasteiger partial charge in [-0.25, -0.2) is 4.79 Å². The van der Waals surface area contributed by atoms with Crippen molar-refractivity contribution in [3.05, 3.63) is 89.9 Å². The normalized spacial score (nSPS) is 17.3. The molecule has 1 saturated heterocycles. The zero-order valence-corrected chi connectivity index (χ0v) is 18.6. The number of ether oxygens (including phenoxy) is 2. The van der Waals surface area contributed by atoms with Crippen molar-refractivity contribution in [2.75, 3.05) is 25.6 Å². The van der Waals surface area contributed by atoms with Crippen molar-refractivity contribution in [3.63, 3.8) is 0 Å². The second-order valence-corrected chi connectivity index (χ2v) is 7.70. The van der Waals surface area contributed by atoms with E-state index in [2.05, 4.69) is 10.6 Å². The zero-order chi connectivity index (χ0) is 23.9. The molecule has 176 valence electrons. The van der Waals surface area contributed by atoms with Crippen LogP contribution in [-0.4, -0.2) is 49.1 Å². The molecule has 0 radical (unpaired) electrons. The fraction of sp³-hybridized carbons (Fsp3) is 0.240. The quantitative estimate of drug-likeness (QED) is 0.471. The fourth-order valence-corrected chi connectivity index (χ4v) is 3.73. The lowest BCUT2D eigenvalue weighted by Crippen LogP contribution is -2.46. The predicted octanol–water partition coefficient (Wildman–Crippen LogP) is 3.36. The van der Waals surface area contributed by atoms with Crippen LogP contribution < -0.4 is 10.6 Å². The van der Waals surface area contributed by atoms with E-state index in [0.29, 0.717) is 24.4 Å². The van der Waals surface area contributed by atoms with E-state index in [1.165, 1.54) is 11.2 Å². The number of methoxy groups -OCH3 is 1. The Hall–Kier alpha value is -4.11. The SMILES string of the molecule is COCCNC(=O)[C@H]1[C@@H](c2ccc(NC(=O)c3ccco3)cc2)OC(=O)N1Cc1ccccc1. The molecule has 2 atom stereocenters. The summed E-state index contributed by atoms with van der Waals surface area (Å²) in [4.78, 5) is 39.5. The zero-order valence-electron chi connectivity index (χ0n) is 18.6. The minimum absolute atomic E-state index is 0.193. The van der Waals surface area contributed by atoms with Crippen LogP contribution in [-0.2, 0) is 20.8 Å². The van der Waals surface area contributed by atoms with Gasteiger partial charge in [-0.05, 0) is 35.4 Å². The topological polar surface area (TPSA) is 110 Å². The molecule has 1 aromatic heterocycles. The van der Waals surface area contributed by atoms with E-state index in [9.17, 15) is 14.4 Å². The first kappa shape index (κ1) is 23.1. The van der Waals surface area contributed by atoms with Crippen LogP contribution in [0.5, 0.6) is 0 Å². The summed E-state index contributed by atoms with van der Waals surface area (Å²) in [5.41, 5.74) is 2.05. The molecule has 1 fully saturated rings. The molecule has 3 aromatic rings. The molecule has 3 amide bonds. The Morgan fingerprint density at radius 3 is 2.47 bits per heavy atom. The predicted molar refractivity (Wildman–Crippen MR) is 123 cm³/mol. The van der Waals surface area contributed by atoms with E-state index in [0.717, 1.165) is 5.56 Å². The van der Waals surface area contributed by atoms with E-state index in [1.807, 2.05) is 30.3 Å². The molecule has 2 heterocycles. The Labute approximate surface area is 196 Å². The van der Waals surface area contributed by atoms with Gasteiger partial charge in [0.1, 0.15) is 0 Å². The first-order valence-electron chi connectivity index (χ1n) is 10.8. The molecule has 1 aliphatic rings. The first-order valence-corrected chi connectivity index (χ1v) is 10.8. The summed E-state index contributed by atoms with van der Waals surface area (Å²) in [6.45, 7) is 0.889. The fourth-order valence-electron chi connectivity index (χ4n) is 3.73. The lowest BCUT2D eigenvalue weighted by molar-refractivity contribution is -0.126. The van der Waals surface area contributed by atoms with Crippen molar-refractivity contribution >= 4 is 23.6 Å². The van der Waals surface area contributed by atoms with Gasteiger partial charge in [0.25, 0.3) is 5.91 Å². The van der Waals surface area contributed by atoms with Gasteiger partial charge in [0.05, 0.1) is 19.4 Å². The highest BCUT2D eigenvalue weighted by Gasteiger charge is 2.46. The van der Waals surface area contributed by atoms with Crippen LogP contribution in [0.15, 0.2) is 77.4 Å². The highest BCUT2D eigenvalue weighted by atomic mass is 16.6. The summed E-state index contributed by atoms with van der Waals surface area (Å²) in [6.07, 6.45) is 0.0374. The van der Waals surface area contributed by atoms with Crippen molar-refractivity contribution in [1.29, 1.82) is 0 Å². The molecule has 4 rings (SSSR count). The van der Waals surface area contributed by atoms with E-state index in [1.54, 1.807) is 43.5 Å². The third-order valence-corrected chi connectivity index (χ3v) is 5.40. The Balaban J connectivity index is 1.53. The monoisotopic (exact) mass is 463 g/mol. The molecule has 2 aromatic carbocycles. The number of furan rings is 1. The third-order valence-electron chi connectivity index (χ3n) is 5.40. The molecule has 9 nitrogen and oxygen atoms in total. The smallest absolute Gasteiger partial charge is 0.411 e. The summed E-state index contributed by atoms with van der Waals surface area (Å²) in [5.74, 6) is -0.522. The Morgan fingerprint density at radius 1 is 1.03 bits per heavy atom. The summed E-state index contributed by atoms with van der Waals surface area (Å²) in [6, 6.07) is 18.5. The molecule has 0 aliphatic carbocycles. The van der Waals surface area contributed by atoms with Gasteiger partial charge in [-0.2, -0.15) is 0 Å². The molecule has 34 heavy (non-hydrogen) atoms. The van der Waals surface area contributed by atoms with Crippen LogP contribution in [0.3, 0.4) is 0 Å². The number of nitrogens with zero attached hydrogens (tertiary/aromatic N) is 1. The van der Waals surface area contributed by atoms with E-state index in [-0.39, 0.29) is 24.1 Å². The van der Waals surface area contributed by atoms with Crippen molar-refractivity contribution in [3.8, 4) is 0 Å². The molecule has 1 aliphatic heterocycles. The van der Waals surface area contributed by atoms with Crippen molar-refractivity contribution < 1.29 is 28.3 Å². The van der Waals surface area contributed by atoms with Gasteiger partial charge in [0, 0.05) is 19.3 Å². The summed E-state index contributed by atoms with van der Waals surface area (Å²) in [5, 5.41) is 5.55. The standard InChI is InChI=1S/C25H25N3O6/c1-32-15-13-26-24(30)21-22(34-25(31)28(21)16-17-6-3-2-4-7-17)18-9-11-19(12-10-18)27-23(29)20-8-5-14-33-20/h2-12,14,21-22H,13,15-16H2,1H3,(H,26,30)(H,27,29)/t21-,22-/m1/s1. The second kappa shape index (κ2) is 10.7. The van der Waals surface area contributed by atoms with E-state index < -0.39 is 18.2 Å². The first-order chi connectivity index (χ1) is 16.6. The molecule has 0 bridgehead atoms. The Morgan fingerprint density at radius 2 is 1.79 bits per heavy atom. The van der Waals surface area contributed by atoms with Gasteiger partial charge in [-0.15, -0.1) is 0 Å². The van der Waals surface area contributed by atoms with Crippen LogP contribution in [0, 0.1) is 0 Å². The Kier molecular flexibility index (Phi) is 7.24. The number of hydrogen-bond donors (Lipinski definition) is 2. The van der Waals surface area contributed by atoms with Gasteiger partial charge < -0.3 is 24.5 Å². The largest absolute Gasteiger partial charge is 0.459 e. The average molecular weight is 463 g/mol. The number of carbonyl (C=O) groups is 3. The maximum absolute atomic E-state index is 13.1. The number of cyclic esters (lactones) is 1. The second-order valence-electron chi connectivity index (χ2n) is 7.70. The van der Waals surface area contributed by atoms with Gasteiger partial charge >= 0.3 is 6.09 Å². The van der Waals surface area contributed by atoms with Crippen LogP contribution >= 0.6 is 0 Å². The van der Waals surface area contributed by atoms with Crippen molar-refractivity contribution in [2.45, 2.75) is 18.7 Å². The molecule has 0 saturated carbocycles. The molecule has 9 heteroatoms. The number of amides is 3. The van der Waals surface area contributed by atoms with Crippen LogP contribution in [0.25, 0.3) is 0 Å². The molecule has 0 spiro atoms. The molecule has 2 N–H and O–H groups in total. The number of benzene rings is 2. The number of carbonyl (C=O) groups excluding carboxylic acids is 3. The van der Waals surface area contributed by atoms with Crippen molar-refractivity contribution in [1.82, 2.24) is 10.2 Å².